The summed E-state index contributed by atoms with van der Waals surface area (Å²) < 4.78 is 11.7. The number of carboxylic acid groups (broad SMARTS) is 1. The van der Waals surface area contributed by atoms with Crippen molar-refractivity contribution in [1.29, 1.82) is 0 Å². The van der Waals surface area contributed by atoms with Crippen LogP contribution in [0, 0.1) is 0 Å². The van der Waals surface area contributed by atoms with E-state index < -0.39 is 5.97 Å². The Kier molecular flexibility index (Phi) is 9.65. The first-order chi connectivity index (χ1) is 11.4. The number of allylic oxidation sites excluding steroid dienone is 3. The highest BCUT2D eigenvalue weighted by Gasteiger charge is 2.20. The molecule has 136 valence electrons. The molecule has 0 spiro atoms. The molecule has 0 aromatic carbocycles. The van der Waals surface area contributed by atoms with E-state index in [4.69, 9.17) is 9.47 Å². The maximum Gasteiger partial charge on any atom is 0.158 e. The molecule has 0 N–H and O–H groups in total. The Hall–Kier alpha value is -1.39. The predicted octanol–water partition coefficient (Wildman–Crippen LogP) is 3.68. The molecule has 1 saturated heterocycles. The molecule has 1 heterocycles. The summed E-state index contributed by atoms with van der Waals surface area (Å²) in [7, 11) is 0. The number of carboxylic acids is 1. The van der Waals surface area contributed by atoms with Crippen LogP contribution < -0.4 is 5.11 Å². The van der Waals surface area contributed by atoms with Crippen LogP contribution >= 0.6 is 0 Å². The molecule has 0 aromatic heterocycles. The first-order valence-electron chi connectivity index (χ1n) is 8.84. The van der Waals surface area contributed by atoms with Crippen LogP contribution in [0.1, 0.15) is 65.7 Å². The van der Waals surface area contributed by atoms with Crippen molar-refractivity contribution < 1.29 is 19.4 Å². The van der Waals surface area contributed by atoms with Crippen molar-refractivity contribution in [3.8, 4) is 0 Å². The Bertz CT molecular complexity index is 470. The van der Waals surface area contributed by atoms with Crippen LogP contribution in [0.15, 0.2) is 35.5 Å². The van der Waals surface area contributed by atoms with E-state index in [1.54, 1.807) is 0 Å². The number of hydrogen-bond donors (Lipinski definition) is 0. The van der Waals surface area contributed by atoms with E-state index in [-0.39, 0.29) is 12.4 Å². The number of aliphatic carboxylic acids is 1. The van der Waals surface area contributed by atoms with Gasteiger partial charge in [-0.15, -0.1) is 0 Å². The van der Waals surface area contributed by atoms with Crippen LogP contribution in [0.25, 0.3) is 0 Å². The normalized spacial score (nSPS) is 20.7. The highest BCUT2D eigenvalue weighted by molar-refractivity contribution is 5.78. The zero-order valence-electron chi connectivity index (χ0n) is 15.3. The minimum atomic E-state index is -1.13. The van der Waals surface area contributed by atoms with Crippen LogP contribution in [-0.2, 0) is 14.3 Å². The van der Waals surface area contributed by atoms with Gasteiger partial charge in [-0.25, -0.2) is 0 Å². The topological polar surface area (TPSA) is 58.6 Å². The summed E-state index contributed by atoms with van der Waals surface area (Å²) in [5.41, 5.74) is 3.15. The van der Waals surface area contributed by atoms with Gasteiger partial charge in [0.2, 0.25) is 0 Å². The standard InChI is InChI=1S/C20H32O4/c1-15(2)18(24-20-10-5-6-13-23-20)12-11-16(3)8-7-9-17(4)14-19(21)22/h8,14,18,20H,1,5-7,9-13H2,2-4H3,(H,21,22)/p-1/b16-8+,17-14+. The number of hydrogen-bond acceptors (Lipinski definition) is 4. The molecule has 2 atom stereocenters. The molecule has 0 aliphatic carbocycles. The van der Waals surface area contributed by atoms with E-state index in [1.165, 1.54) is 5.57 Å². The molecule has 4 nitrogen and oxygen atoms in total. The third-order valence-electron chi connectivity index (χ3n) is 4.20. The highest BCUT2D eigenvalue weighted by atomic mass is 16.7. The lowest BCUT2D eigenvalue weighted by molar-refractivity contribution is -0.297. The highest BCUT2D eigenvalue weighted by Crippen LogP contribution is 2.22. The van der Waals surface area contributed by atoms with Gasteiger partial charge < -0.3 is 19.4 Å². The summed E-state index contributed by atoms with van der Waals surface area (Å²) in [6.45, 7) is 10.7. The molecule has 1 rings (SSSR count). The minimum absolute atomic E-state index is 0.0242. The average molecular weight is 335 g/mol. The van der Waals surface area contributed by atoms with Gasteiger partial charge in [0.05, 0.1) is 12.1 Å². The van der Waals surface area contributed by atoms with E-state index in [0.717, 1.165) is 68.8 Å². The second-order valence-corrected chi connectivity index (χ2v) is 6.70. The molecule has 4 heteroatoms. The monoisotopic (exact) mass is 335 g/mol. The number of carbonyl (C=O) groups is 1. The molecule has 0 aromatic rings. The lowest BCUT2D eigenvalue weighted by Crippen LogP contribution is -2.28. The van der Waals surface area contributed by atoms with Crippen molar-refractivity contribution >= 4 is 5.97 Å². The van der Waals surface area contributed by atoms with Gasteiger partial charge in [0.15, 0.2) is 6.29 Å². The Morgan fingerprint density at radius 1 is 1.29 bits per heavy atom. The van der Waals surface area contributed by atoms with Crippen LogP contribution in [0.3, 0.4) is 0 Å². The van der Waals surface area contributed by atoms with Crippen LogP contribution in [-0.4, -0.2) is 25.0 Å². The average Bonchev–Trinajstić information content (AvgIpc) is 2.51. The zero-order chi connectivity index (χ0) is 17.9. The van der Waals surface area contributed by atoms with Crippen LogP contribution in [0.5, 0.6) is 0 Å². The van der Waals surface area contributed by atoms with Gasteiger partial charge in [0.1, 0.15) is 0 Å². The molecule has 24 heavy (non-hydrogen) atoms. The van der Waals surface area contributed by atoms with E-state index in [0.29, 0.717) is 0 Å². The lowest BCUT2D eigenvalue weighted by Gasteiger charge is -2.28. The Labute approximate surface area is 146 Å². The first kappa shape index (κ1) is 20.7. The first-order valence-corrected chi connectivity index (χ1v) is 8.84. The third-order valence-corrected chi connectivity index (χ3v) is 4.20. The van der Waals surface area contributed by atoms with E-state index in [2.05, 4.69) is 19.6 Å². The summed E-state index contributed by atoms with van der Waals surface area (Å²) in [5.74, 6) is -1.13. The lowest BCUT2D eigenvalue weighted by atomic mass is 10.0. The van der Waals surface area contributed by atoms with Gasteiger partial charge in [-0.2, -0.15) is 0 Å². The quantitative estimate of drug-likeness (QED) is 0.451. The Morgan fingerprint density at radius 3 is 2.62 bits per heavy atom. The second-order valence-electron chi connectivity index (χ2n) is 6.70. The maximum atomic E-state index is 10.5. The van der Waals surface area contributed by atoms with Gasteiger partial charge in [-0.1, -0.05) is 29.4 Å². The largest absolute Gasteiger partial charge is 0.545 e. The Morgan fingerprint density at radius 2 is 2.04 bits per heavy atom. The van der Waals surface area contributed by atoms with Gasteiger partial charge in [-0.05, 0) is 71.8 Å². The number of rotatable bonds is 10. The molecule has 0 radical (unpaired) electrons. The molecule has 1 aliphatic heterocycles. The number of carbonyl (C=O) groups excluding carboxylic acids is 1. The maximum absolute atomic E-state index is 10.5. The van der Waals surface area contributed by atoms with Gasteiger partial charge >= 0.3 is 0 Å². The molecule has 2 unspecified atom stereocenters. The second kappa shape index (κ2) is 11.2. The zero-order valence-corrected chi connectivity index (χ0v) is 15.3. The van der Waals surface area contributed by atoms with Crippen molar-refractivity contribution in [1.82, 2.24) is 0 Å². The summed E-state index contributed by atoms with van der Waals surface area (Å²) in [4.78, 5) is 10.5. The molecular formula is C20H31O4-. The van der Waals surface area contributed by atoms with Crippen molar-refractivity contribution in [2.45, 2.75) is 78.1 Å². The molecule has 0 bridgehead atoms. The minimum Gasteiger partial charge on any atom is -0.545 e. The smallest absolute Gasteiger partial charge is 0.158 e. The van der Waals surface area contributed by atoms with Gasteiger partial charge in [0, 0.05) is 6.61 Å². The van der Waals surface area contributed by atoms with E-state index in [1.807, 2.05) is 13.8 Å². The number of ether oxygens (including phenoxy) is 2. The molecule has 0 amide bonds. The predicted molar refractivity (Wildman–Crippen MR) is 94.3 cm³/mol. The SMILES string of the molecule is C=C(C)C(CC/C(C)=C/CC/C(C)=C/C(=O)[O-])OC1CCCCO1. The van der Waals surface area contributed by atoms with Crippen molar-refractivity contribution in [3.63, 3.8) is 0 Å². The molecule has 1 fully saturated rings. The van der Waals surface area contributed by atoms with Gasteiger partial charge in [0.25, 0.3) is 0 Å². The summed E-state index contributed by atoms with van der Waals surface area (Å²) >= 11 is 0. The fourth-order valence-corrected chi connectivity index (χ4v) is 2.71. The van der Waals surface area contributed by atoms with Crippen molar-refractivity contribution in [2.24, 2.45) is 0 Å². The van der Waals surface area contributed by atoms with Crippen molar-refractivity contribution in [3.05, 3.63) is 35.5 Å². The summed E-state index contributed by atoms with van der Waals surface area (Å²) in [6, 6.07) is 0. The fraction of sp³-hybridized carbons (Fsp3) is 0.650. The van der Waals surface area contributed by atoms with E-state index >= 15 is 0 Å². The Balaban J connectivity index is 2.37. The molecule has 1 aliphatic rings. The molecular weight excluding hydrogens is 304 g/mol. The fourth-order valence-electron chi connectivity index (χ4n) is 2.71. The molecule has 0 saturated carbocycles. The summed E-state index contributed by atoms with van der Waals surface area (Å²) in [6.07, 6.45) is 9.90. The third kappa shape index (κ3) is 9.04. The van der Waals surface area contributed by atoms with E-state index in [9.17, 15) is 9.90 Å². The van der Waals surface area contributed by atoms with Crippen molar-refractivity contribution in [2.75, 3.05) is 6.61 Å². The van der Waals surface area contributed by atoms with Gasteiger partial charge in [-0.3, -0.25) is 0 Å². The summed E-state index contributed by atoms with van der Waals surface area (Å²) in [5, 5.41) is 10.5. The van der Waals surface area contributed by atoms with Crippen LogP contribution in [0.4, 0.5) is 0 Å². The van der Waals surface area contributed by atoms with Crippen LogP contribution in [0.2, 0.25) is 0 Å².